The second-order valence-corrected chi connectivity index (χ2v) is 9.91. The Morgan fingerprint density at radius 1 is 1.12 bits per heavy atom. The molecular weight excluding hydrogens is 434 g/mol. The average Bonchev–Trinajstić information content (AvgIpc) is 2.75. The lowest BCUT2D eigenvalue weighted by atomic mass is 9.91. The molecule has 180 valence electrons. The van der Waals surface area contributed by atoms with Crippen molar-refractivity contribution >= 4 is 17.5 Å². The van der Waals surface area contributed by atoms with Crippen molar-refractivity contribution in [3.8, 4) is 5.75 Å². The van der Waals surface area contributed by atoms with Gasteiger partial charge in [0.1, 0.15) is 5.75 Å². The Morgan fingerprint density at radius 3 is 2.48 bits per heavy atom. The Labute approximate surface area is 204 Å². The van der Waals surface area contributed by atoms with Gasteiger partial charge in [-0.3, -0.25) is 9.69 Å². The van der Waals surface area contributed by atoms with Crippen LogP contribution in [-0.2, 0) is 0 Å². The molecule has 1 aliphatic rings. The van der Waals surface area contributed by atoms with Crippen molar-refractivity contribution in [2.24, 2.45) is 5.92 Å². The predicted molar refractivity (Wildman–Crippen MR) is 136 cm³/mol. The van der Waals surface area contributed by atoms with Crippen LogP contribution in [0.2, 0.25) is 5.02 Å². The highest BCUT2D eigenvalue weighted by atomic mass is 35.5. The summed E-state index contributed by atoms with van der Waals surface area (Å²) in [4.78, 5) is 17.0. The molecule has 2 aromatic carbocycles. The van der Waals surface area contributed by atoms with Gasteiger partial charge in [-0.05, 0) is 101 Å². The van der Waals surface area contributed by atoms with E-state index in [1.165, 1.54) is 16.7 Å². The second kappa shape index (κ2) is 11.9. The van der Waals surface area contributed by atoms with E-state index < -0.39 is 0 Å². The van der Waals surface area contributed by atoms with Crippen LogP contribution in [0.4, 0.5) is 0 Å². The molecule has 6 heteroatoms. The number of hydrogen-bond donors (Lipinski definition) is 1. The minimum Gasteiger partial charge on any atom is -0.493 e. The molecule has 1 fully saturated rings. The van der Waals surface area contributed by atoms with Crippen LogP contribution in [0.1, 0.15) is 52.9 Å². The van der Waals surface area contributed by atoms with Gasteiger partial charge < -0.3 is 15.0 Å². The van der Waals surface area contributed by atoms with Gasteiger partial charge in [0, 0.05) is 42.2 Å². The normalized spacial score (nSPS) is 15.4. The van der Waals surface area contributed by atoms with Crippen molar-refractivity contribution in [2.45, 2.75) is 39.7 Å². The van der Waals surface area contributed by atoms with Crippen molar-refractivity contribution in [2.75, 3.05) is 46.9 Å². The fourth-order valence-corrected chi connectivity index (χ4v) is 4.46. The summed E-state index contributed by atoms with van der Waals surface area (Å²) in [5.74, 6) is 1.44. The predicted octanol–water partition coefficient (Wildman–Crippen LogP) is 5.10. The third-order valence-corrected chi connectivity index (χ3v) is 6.93. The molecule has 0 bridgehead atoms. The minimum absolute atomic E-state index is 0.0399. The van der Waals surface area contributed by atoms with E-state index in [4.69, 9.17) is 16.3 Å². The molecular formula is C27H38ClN3O2. The second-order valence-electron chi connectivity index (χ2n) is 9.47. The van der Waals surface area contributed by atoms with Gasteiger partial charge in [0.05, 0.1) is 6.61 Å². The first-order valence-electron chi connectivity index (χ1n) is 11.9. The van der Waals surface area contributed by atoms with Gasteiger partial charge in [-0.25, -0.2) is 0 Å². The molecule has 0 spiro atoms. The Morgan fingerprint density at radius 2 is 1.82 bits per heavy atom. The molecule has 1 heterocycles. The molecule has 1 N–H and O–H groups in total. The fourth-order valence-electron chi connectivity index (χ4n) is 4.33. The number of carbonyl (C=O) groups is 1. The van der Waals surface area contributed by atoms with Crippen molar-refractivity contribution in [3.63, 3.8) is 0 Å². The number of likely N-dealkylation sites (tertiary alicyclic amines) is 1. The molecule has 0 radical (unpaired) electrons. The summed E-state index contributed by atoms with van der Waals surface area (Å²) in [6, 6.07) is 11.7. The molecule has 1 saturated heterocycles. The molecule has 0 aliphatic carbocycles. The van der Waals surface area contributed by atoms with Crippen LogP contribution in [0.15, 0.2) is 36.4 Å². The van der Waals surface area contributed by atoms with E-state index in [9.17, 15) is 4.79 Å². The molecule has 0 saturated carbocycles. The number of benzene rings is 2. The first-order chi connectivity index (χ1) is 15.8. The van der Waals surface area contributed by atoms with Crippen LogP contribution in [-0.4, -0.2) is 62.6 Å². The van der Waals surface area contributed by atoms with E-state index in [-0.39, 0.29) is 5.91 Å². The van der Waals surface area contributed by atoms with Crippen LogP contribution in [0.25, 0.3) is 0 Å². The lowest BCUT2D eigenvalue weighted by Gasteiger charge is -2.44. The summed E-state index contributed by atoms with van der Waals surface area (Å²) in [7, 11) is 4.21. The lowest BCUT2D eigenvalue weighted by molar-refractivity contribution is 0.0569. The van der Waals surface area contributed by atoms with Crippen molar-refractivity contribution in [1.29, 1.82) is 0 Å². The molecule has 1 amide bonds. The van der Waals surface area contributed by atoms with Crippen LogP contribution >= 0.6 is 11.6 Å². The van der Waals surface area contributed by atoms with E-state index in [0.717, 1.165) is 44.8 Å². The van der Waals surface area contributed by atoms with E-state index in [2.05, 4.69) is 62.1 Å². The average molecular weight is 472 g/mol. The number of carbonyl (C=O) groups excluding carboxylic acids is 1. The van der Waals surface area contributed by atoms with Crippen molar-refractivity contribution < 1.29 is 9.53 Å². The Bertz CT molecular complexity index is 924. The number of rotatable bonds is 11. The van der Waals surface area contributed by atoms with Gasteiger partial charge in [0.25, 0.3) is 5.91 Å². The highest BCUT2D eigenvalue weighted by Crippen LogP contribution is 2.34. The zero-order valence-corrected chi connectivity index (χ0v) is 21.4. The monoisotopic (exact) mass is 471 g/mol. The van der Waals surface area contributed by atoms with Gasteiger partial charge in [-0.1, -0.05) is 17.7 Å². The molecule has 5 nitrogen and oxygen atoms in total. The first kappa shape index (κ1) is 25.5. The third kappa shape index (κ3) is 6.95. The molecule has 3 rings (SSSR count). The number of halogens is 1. The zero-order valence-electron chi connectivity index (χ0n) is 20.7. The molecule has 33 heavy (non-hydrogen) atoms. The number of nitrogens with zero attached hydrogens (tertiary/aromatic N) is 2. The van der Waals surface area contributed by atoms with Gasteiger partial charge in [0.15, 0.2) is 0 Å². The highest BCUT2D eigenvalue weighted by molar-refractivity contribution is 6.30. The molecule has 1 aliphatic heterocycles. The van der Waals surface area contributed by atoms with E-state index in [1.54, 1.807) is 24.3 Å². The van der Waals surface area contributed by atoms with Gasteiger partial charge in [-0.2, -0.15) is 0 Å². The summed E-state index contributed by atoms with van der Waals surface area (Å²) in [6.45, 7) is 11.2. The van der Waals surface area contributed by atoms with Crippen molar-refractivity contribution in [3.05, 3.63) is 63.7 Å². The summed E-state index contributed by atoms with van der Waals surface area (Å²) < 4.78 is 6.07. The molecule has 0 aromatic heterocycles. The van der Waals surface area contributed by atoms with Crippen molar-refractivity contribution in [1.82, 2.24) is 15.1 Å². The van der Waals surface area contributed by atoms with E-state index in [0.29, 0.717) is 29.1 Å². The Hall–Kier alpha value is -2.08. The maximum absolute atomic E-state index is 12.3. The summed E-state index contributed by atoms with van der Waals surface area (Å²) in [5, 5.41) is 3.69. The topological polar surface area (TPSA) is 44.8 Å². The SMILES string of the molecule is Cc1c(OCCCCN(C)C)ccc(C(C)N2CC(CNC(=O)c3ccc(Cl)cc3)C2)c1C. The van der Waals surface area contributed by atoms with E-state index in [1.807, 2.05) is 0 Å². The third-order valence-electron chi connectivity index (χ3n) is 6.68. The molecule has 2 aromatic rings. The smallest absolute Gasteiger partial charge is 0.251 e. The number of amides is 1. The molecule has 1 atom stereocenters. The first-order valence-corrected chi connectivity index (χ1v) is 12.3. The number of unbranched alkanes of at least 4 members (excludes halogenated alkanes) is 1. The van der Waals surface area contributed by atoms with Crippen LogP contribution in [0.3, 0.4) is 0 Å². The summed E-state index contributed by atoms with van der Waals surface area (Å²) >= 11 is 5.90. The Kier molecular flexibility index (Phi) is 9.19. The standard InChI is InChI=1S/C27H38ClN3O2/c1-19-20(2)26(33-15-7-6-14-30(4)5)13-12-25(19)21(3)31-17-22(18-31)16-29-27(32)23-8-10-24(28)11-9-23/h8-13,21-22H,6-7,14-18H2,1-5H3,(H,29,32). The lowest BCUT2D eigenvalue weighted by Crippen LogP contribution is -2.52. The Balaban J connectivity index is 1.45. The van der Waals surface area contributed by atoms with Crippen LogP contribution in [0, 0.1) is 19.8 Å². The van der Waals surface area contributed by atoms with Crippen LogP contribution < -0.4 is 10.1 Å². The van der Waals surface area contributed by atoms with Gasteiger partial charge >= 0.3 is 0 Å². The number of ether oxygens (including phenoxy) is 1. The molecule has 1 unspecified atom stereocenters. The van der Waals surface area contributed by atoms with E-state index >= 15 is 0 Å². The zero-order chi connectivity index (χ0) is 24.0. The van der Waals surface area contributed by atoms with Gasteiger partial charge in [-0.15, -0.1) is 0 Å². The minimum atomic E-state index is -0.0399. The maximum atomic E-state index is 12.3. The fraction of sp³-hybridized carbons (Fsp3) is 0.519. The summed E-state index contributed by atoms with van der Waals surface area (Å²) in [6.07, 6.45) is 2.22. The highest BCUT2D eigenvalue weighted by Gasteiger charge is 2.32. The van der Waals surface area contributed by atoms with Crippen LogP contribution in [0.5, 0.6) is 5.75 Å². The quantitative estimate of drug-likeness (QED) is 0.463. The van der Waals surface area contributed by atoms with Gasteiger partial charge in [0.2, 0.25) is 0 Å². The maximum Gasteiger partial charge on any atom is 0.251 e. The number of hydrogen-bond acceptors (Lipinski definition) is 4. The largest absolute Gasteiger partial charge is 0.493 e. The number of nitrogens with one attached hydrogen (secondary N) is 1. The summed E-state index contributed by atoms with van der Waals surface area (Å²) in [5.41, 5.74) is 4.55.